The minimum absolute atomic E-state index is 0.174. The molecular weight excluding hydrogens is 354 g/mol. The van der Waals surface area contributed by atoms with E-state index in [1.807, 2.05) is 24.3 Å². The van der Waals surface area contributed by atoms with E-state index in [0.29, 0.717) is 18.7 Å². The van der Waals surface area contributed by atoms with Crippen LogP contribution in [0.2, 0.25) is 0 Å². The van der Waals surface area contributed by atoms with Crippen LogP contribution >= 0.6 is 23.1 Å². The zero-order valence-corrected chi connectivity index (χ0v) is 15.6. The van der Waals surface area contributed by atoms with Crippen molar-refractivity contribution < 1.29 is 4.79 Å². The summed E-state index contributed by atoms with van der Waals surface area (Å²) in [6.07, 6.45) is 3.54. The standard InChI is InChI=1S/C17H21N5OS2/c1-24-9-7-13(16-20-11-4-2-3-5-12(11)21-16)22-17(23)14-10-25-15(19-14)6-8-18/h2-5,10,13H,6-9,18H2,1H3,(H,20,21)(H,22,23). The molecule has 1 unspecified atom stereocenters. The second kappa shape index (κ2) is 8.46. The van der Waals surface area contributed by atoms with E-state index in [9.17, 15) is 4.79 Å². The summed E-state index contributed by atoms with van der Waals surface area (Å²) >= 11 is 3.21. The zero-order valence-electron chi connectivity index (χ0n) is 14.0. The van der Waals surface area contributed by atoms with Crippen LogP contribution in [0, 0.1) is 0 Å². The van der Waals surface area contributed by atoms with Crippen molar-refractivity contribution in [3.05, 3.63) is 46.2 Å². The second-order valence-corrected chi connectivity index (χ2v) is 7.54. The van der Waals surface area contributed by atoms with E-state index in [-0.39, 0.29) is 11.9 Å². The number of thioether (sulfide) groups is 1. The molecule has 0 bridgehead atoms. The Labute approximate surface area is 154 Å². The summed E-state index contributed by atoms with van der Waals surface area (Å²) in [4.78, 5) is 24.9. The lowest BCUT2D eigenvalue weighted by atomic mass is 10.2. The first-order valence-corrected chi connectivity index (χ1v) is 10.4. The first-order chi connectivity index (χ1) is 12.2. The number of nitrogens with two attached hydrogens (primary N) is 1. The fourth-order valence-electron chi connectivity index (χ4n) is 2.54. The number of aromatic amines is 1. The van der Waals surface area contributed by atoms with Crippen LogP contribution in [-0.2, 0) is 6.42 Å². The summed E-state index contributed by atoms with van der Waals surface area (Å²) in [5.74, 6) is 1.53. The smallest absolute Gasteiger partial charge is 0.271 e. The Kier molecular flexibility index (Phi) is 6.06. The molecule has 0 saturated carbocycles. The second-order valence-electron chi connectivity index (χ2n) is 5.61. The highest BCUT2D eigenvalue weighted by atomic mass is 32.2. The molecule has 0 saturated heterocycles. The molecule has 3 rings (SSSR count). The molecule has 25 heavy (non-hydrogen) atoms. The average Bonchev–Trinajstić information content (AvgIpc) is 3.25. The summed E-state index contributed by atoms with van der Waals surface area (Å²) in [6, 6.07) is 7.69. The van der Waals surface area contributed by atoms with Crippen molar-refractivity contribution >= 4 is 40.0 Å². The quantitative estimate of drug-likeness (QED) is 0.562. The average molecular weight is 376 g/mol. The normalized spacial score (nSPS) is 12.4. The number of carbonyl (C=O) groups is 1. The van der Waals surface area contributed by atoms with E-state index >= 15 is 0 Å². The Morgan fingerprint density at radius 1 is 1.40 bits per heavy atom. The number of nitrogens with one attached hydrogen (secondary N) is 2. The lowest BCUT2D eigenvalue weighted by Gasteiger charge is -2.15. The molecule has 2 aromatic heterocycles. The molecule has 0 aliphatic rings. The Bertz CT molecular complexity index is 811. The van der Waals surface area contributed by atoms with Crippen molar-refractivity contribution in [2.75, 3.05) is 18.6 Å². The summed E-state index contributed by atoms with van der Waals surface area (Å²) in [5, 5.41) is 5.74. The van der Waals surface area contributed by atoms with E-state index in [1.165, 1.54) is 11.3 Å². The number of rotatable bonds is 8. The van der Waals surface area contributed by atoms with Gasteiger partial charge in [0.2, 0.25) is 0 Å². The fourth-order valence-corrected chi connectivity index (χ4v) is 3.80. The van der Waals surface area contributed by atoms with Crippen LogP contribution in [-0.4, -0.2) is 39.4 Å². The van der Waals surface area contributed by atoms with Gasteiger partial charge in [0, 0.05) is 11.8 Å². The van der Waals surface area contributed by atoms with Crippen LogP contribution in [0.3, 0.4) is 0 Å². The van der Waals surface area contributed by atoms with Crippen LogP contribution in [0.25, 0.3) is 11.0 Å². The molecule has 3 aromatic rings. The molecule has 1 atom stereocenters. The van der Waals surface area contributed by atoms with Gasteiger partial charge in [0.05, 0.1) is 22.1 Å². The van der Waals surface area contributed by atoms with Crippen LogP contribution in [0.4, 0.5) is 0 Å². The highest BCUT2D eigenvalue weighted by Gasteiger charge is 2.20. The van der Waals surface area contributed by atoms with Gasteiger partial charge in [0.1, 0.15) is 11.5 Å². The molecule has 6 nitrogen and oxygen atoms in total. The van der Waals surface area contributed by atoms with Crippen molar-refractivity contribution in [1.82, 2.24) is 20.3 Å². The topological polar surface area (TPSA) is 96.7 Å². The number of hydrogen-bond donors (Lipinski definition) is 3. The lowest BCUT2D eigenvalue weighted by Crippen LogP contribution is -2.30. The monoisotopic (exact) mass is 375 g/mol. The number of benzene rings is 1. The molecule has 4 N–H and O–H groups in total. The van der Waals surface area contributed by atoms with Gasteiger partial charge in [-0.25, -0.2) is 9.97 Å². The molecule has 1 amide bonds. The Balaban J connectivity index is 1.78. The van der Waals surface area contributed by atoms with Crippen molar-refractivity contribution in [1.29, 1.82) is 0 Å². The van der Waals surface area contributed by atoms with Gasteiger partial charge < -0.3 is 16.0 Å². The van der Waals surface area contributed by atoms with Crippen LogP contribution in [0.5, 0.6) is 0 Å². The predicted octanol–water partition coefficient (Wildman–Crippen LogP) is 2.74. The van der Waals surface area contributed by atoms with Gasteiger partial charge in [-0.15, -0.1) is 11.3 Å². The van der Waals surface area contributed by atoms with Crippen molar-refractivity contribution in [2.24, 2.45) is 5.73 Å². The van der Waals surface area contributed by atoms with E-state index in [1.54, 1.807) is 17.1 Å². The summed E-state index contributed by atoms with van der Waals surface area (Å²) in [7, 11) is 0. The third-order valence-electron chi connectivity index (χ3n) is 3.80. The third kappa shape index (κ3) is 4.39. The van der Waals surface area contributed by atoms with Gasteiger partial charge in [-0.05, 0) is 37.1 Å². The highest BCUT2D eigenvalue weighted by molar-refractivity contribution is 7.98. The number of aromatic nitrogens is 3. The minimum atomic E-state index is -0.175. The number of para-hydroxylation sites is 2. The largest absolute Gasteiger partial charge is 0.341 e. The number of fused-ring (bicyclic) bond motifs is 1. The molecule has 0 aliphatic carbocycles. The molecule has 2 heterocycles. The van der Waals surface area contributed by atoms with Crippen molar-refractivity contribution in [3.63, 3.8) is 0 Å². The number of nitrogens with zero attached hydrogens (tertiary/aromatic N) is 2. The minimum Gasteiger partial charge on any atom is -0.341 e. The number of imidazole rings is 1. The van der Waals surface area contributed by atoms with E-state index < -0.39 is 0 Å². The molecule has 0 radical (unpaired) electrons. The molecule has 8 heteroatoms. The SMILES string of the molecule is CSCCC(NC(=O)c1csc(CCN)n1)c1nc2ccccc2[nH]1. The molecule has 1 aromatic carbocycles. The maximum atomic E-state index is 12.6. The highest BCUT2D eigenvalue weighted by Crippen LogP contribution is 2.21. The number of thiazole rings is 1. The van der Waals surface area contributed by atoms with Gasteiger partial charge in [-0.1, -0.05) is 12.1 Å². The number of H-pyrrole nitrogens is 1. The van der Waals surface area contributed by atoms with E-state index in [4.69, 9.17) is 5.73 Å². The van der Waals surface area contributed by atoms with Crippen molar-refractivity contribution in [2.45, 2.75) is 18.9 Å². The maximum Gasteiger partial charge on any atom is 0.271 e. The molecule has 132 valence electrons. The molecule has 0 fully saturated rings. The molecule has 0 spiro atoms. The summed E-state index contributed by atoms with van der Waals surface area (Å²) in [5.41, 5.74) is 7.86. The van der Waals surface area contributed by atoms with Gasteiger partial charge in [-0.2, -0.15) is 11.8 Å². The van der Waals surface area contributed by atoms with Crippen LogP contribution < -0.4 is 11.1 Å². The molecular formula is C17H21N5OS2. The summed E-state index contributed by atoms with van der Waals surface area (Å²) in [6.45, 7) is 0.532. The number of hydrogen-bond acceptors (Lipinski definition) is 6. The van der Waals surface area contributed by atoms with Gasteiger partial charge >= 0.3 is 0 Å². The first-order valence-electron chi connectivity index (χ1n) is 8.10. The Morgan fingerprint density at radius 3 is 3.00 bits per heavy atom. The van der Waals surface area contributed by atoms with Crippen LogP contribution in [0.1, 0.15) is 33.8 Å². The van der Waals surface area contributed by atoms with E-state index in [0.717, 1.165) is 34.0 Å². The predicted molar refractivity (Wildman–Crippen MR) is 104 cm³/mol. The fraction of sp³-hybridized carbons (Fsp3) is 0.353. The maximum absolute atomic E-state index is 12.6. The first kappa shape index (κ1) is 17.9. The number of carbonyl (C=O) groups excluding carboxylic acids is 1. The Hall–Kier alpha value is -1.90. The van der Waals surface area contributed by atoms with Gasteiger partial charge in [0.25, 0.3) is 5.91 Å². The van der Waals surface area contributed by atoms with E-state index in [2.05, 4.69) is 26.5 Å². The third-order valence-corrected chi connectivity index (χ3v) is 5.35. The molecule has 0 aliphatic heterocycles. The van der Waals surface area contributed by atoms with Gasteiger partial charge in [0.15, 0.2) is 0 Å². The van der Waals surface area contributed by atoms with Crippen LogP contribution in [0.15, 0.2) is 29.6 Å². The summed E-state index contributed by atoms with van der Waals surface area (Å²) < 4.78 is 0. The van der Waals surface area contributed by atoms with Crippen molar-refractivity contribution in [3.8, 4) is 0 Å². The lowest BCUT2D eigenvalue weighted by molar-refractivity contribution is 0.0929. The zero-order chi connectivity index (χ0) is 17.6. The van der Waals surface area contributed by atoms with Gasteiger partial charge in [-0.3, -0.25) is 4.79 Å². The Morgan fingerprint density at radius 2 is 2.24 bits per heavy atom. The number of amides is 1.